The van der Waals surface area contributed by atoms with E-state index in [0.717, 1.165) is 0 Å². The molecule has 1 aromatic carbocycles. The molecule has 5 N–H and O–H groups in total. The van der Waals surface area contributed by atoms with E-state index in [4.69, 9.17) is 15.6 Å². The first-order chi connectivity index (χ1) is 8.99. The molecule has 0 aliphatic carbocycles. The van der Waals surface area contributed by atoms with E-state index in [1.165, 1.54) is 19.2 Å². The minimum Gasteiger partial charge on any atom is -0.478 e. The van der Waals surface area contributed by atoms with E-state index in [-0.39, 0.29) is 12.1 Å². The molecule has 104 valence electrons. The van der Waals surface area contributed by atoms with Crippen LogP contribution in [-0.4, -0.2) is 43.8 Å². The molecule has 0 saturated heterocycles. The number of nitrogens with one attached hydrogen (secondary N) is 2. The number of primary amides is 1. The van der Waals surface area contributed by atoms with Gasteiger partial charge < -0.3 is 26.2 Å². The fourth-order valence-corrected chi connectivity index (χ4v) is 1.54. The zero-order chi connectivity index (χ0) is 14.4. The van der Waals surface area contributed by atoms with Gasteiger partial charge in [0, 0.05) is 14.2 Å². The van der Waals surface area contributed by atoms with Crippen LogP contribution >= 0.6 is 0 Å². The van der Waals surface area contributed by atoms with Gasteiger partial charge in [0.2, 0.25) is 5.91 Å². The number of carboxylic acids is 1. The van der Waals surface area contributed by atoms with Gasteiger partial charge in [-0.1, -0.05) is 0 Å². The predicted octanol–water partition coefficient (Wildman–Crippen LogP) is 0.339. The average molecular weight is 267 g/mol. The Morgan fingerprint density at radius 1 is 1.42 bits per heavy atom. The molecule has 1 rings (SSSR count). The molecule has 19 heavy (non-hydrogen) atoms. The van der Waals surface area contributed by atoms with E-state index in [1.54, 1.807) is 13.1 Å². The molecule has 0 heterocycles. The number of carbonyl (C=O) groups excluding carboxylic acids is 1. The minimum atomic E-state index is -1.02. The van der Waals surface area contributed by atoms with E-state index in [1.807, 2.05) is 0 Å². The van der Waals surface area contributed by atoms with Crippen molar-refractivity contribution in [3.8, 4) is 0 Å². The van der Waals surface area contributed by atoms with Crippen molar-refractivity contribution >= 4 is 23.3 Å². The van der Waals surface area contributed by atoms with Crippen LogP contribution < -0.4 is 16.4 Å². The lowest BCUT2D eigenvalue weighted by atomic mass is 10.1. The lowest BCUT2D eigenvalue weighted by Crippen LogP contribution is -2.36. The summed E-state index contributed by atoms with van der Waals surface area (Å²) in [7, 11) is 3.09. The van der Waals surface area contributed by atoms with Gasteiger partial charge in [-0.05, 0) is 18.2 Å². The Hall–Kier alpha value is -2.28. The number of hydrogen-bond acceptors (Lipinski definition) is 5. The SMILES string of the molecule is CNc1ccc(C(=O)O)cc1NCC(OC)C(N)=O. The summed E-state index contributed by atoms with van der Waals surface area (Å²) in [4.78, 5) is 21.9. The lowest BCUT2D eigenvalue weighted by molar-refractivity contribution is -0.126. The van der Waals surface area contributed by atoms with Gasteiger partial charge in [0.25, 0.3) is 0 Å². The Morgan fingerprint density at radius 2 is 2.11 bits per heavy atom. The van der Waals surface area contributed by atoms with Crippen LogP contribution in [0.2, 0.25) is 0 Å². The molecule has 1 unspecified atom stereocenters. The van der Waals surface area contributed by atoms with Crippen LogP contribution in [0.3, 0.4) is 0 Å². The standard InChI is InChI=1S/C12H17N3O4/c1-14-8-4-3-7(12(17)18)5-9(8)15-6-10(19-2)11(13)16/h3-5,10,14-15H,6H2,1-2H3,(H2,13,16)(H,17,18). The Bertz CT molecular complexity index is 476. The van der Waals surface area contributed by atoms with E-state index in [0.29, 0.717) is 11.4 Å². The average Bonchev–Trinajstić information content (AvgIpc) is 2.38. The summed E-state index contributed by atoms with van der Waals surface area (Å²) in [5.41, 5.74) is 6.57. The second-order valence-electron chi connectivity index (χ2n) is 3.82. The molecule has 0 aliphatic heterocycles. The highest BCUT2D eigenvalue weighted by molar-refractivity contribution is 5.90. The third kappa shape index (κ3) is 3.85. The summed E-state index contributed by atoms with van der Waals surface area (Å²) in [6.07, 6.45) is -0.779. The maximum Gasteiger partial charge on any atom is 0.335 e. The van der Waals surface area contributed by atoms with Crippen LogP contribution in [0.15, 0.2) is 18.2 Å². The monoisotopic (exact) mass is 267 g/mol. The number of anilines is 2. The van der Waals surface area contributed by atoms with Crippen molar-refractivity contribution in [3.63, 3.8) is 0 Å². The van der Waals surface area contributed by atoms with Gasteiger partial charge in [0.15, 0.2) is 6.10 Å². The Balaban J connectivity index is 2.88. The molecule has 0 radical (unpaired) electrons. The quantitative estimate of drug-likeness (QED) is 0.566. The largest absolute Gasteiger partial charge is 0.478 e. The predicted molar refractivity (Wildman–Crippen MR) is 71.4 cm³/mol. The summed E-state index contributed by atoms with van der Waals surface area (Å²) < 4.78 is 4.91. The molecule has 1 amide bonds. The van der Waals surface area contributed by atoms with Gasteiger partial charge >= 0.3 is 5.97 Å². The van der Waals surface area contributed by atoms with Gasteiger partial charge in [-0.15, -0.1) is 0 Å². The Labute approximate surface area is 110 Å². The number of nitrogens with two attached hydrogens (primary N) is 1. The molecule has 7 nitrogen and oxygen atoms in total. The number of ether oxygens (including phenoxy) is 1. The van der Waals surface area contributed by atoms with Crippen molar-refractivity contribution in [2.75, 3.05) is 31.3 Å². The third-order valence-electron chi connectivity index (χ3n) is 2.62. The van der Waals surface area contributed by atoms with Gasteiger partial charge in [0.1, 0.15) is 0 Å². The first-order valence-corrected chi connectivity index (χ1v) is 5.60. The van der Waals surface area contributed by atoms with Crippen molar-refractivity contribution in [1.82, 2.24) is 0 Å². The first kappa shape index (κ1) is 14.8. The first-order valence-electron chi connectivity index (χ1n) is 5.60. The Kier molecular flexibility index (Phi) is 5.13. The fraction of sp³-hybridized carbons (Fsp3) is 0.333. The van der Waals surface area contributed by atoms with Crippen LogP contribution in [0.4, 0.5) is 11.4 Å². The summed E-state index contributed by atoms with van der Waals surface area (Å²) >= 11 is 0. The van der Waals surface area contributed by atoms with E-state index in [9.17, 15) is 9.59 Å². The normalized spacial score (nSPS) is 11.7. The number of carboxylic acid groups (broad SMARTS) is 1. The number of benzene rings is 1. The maximum atomic E-state index is 11.0. The highest BCUT2D eigenvalue weighted by Gasteiger charge is 2.15. The molecule has 0 aliphatic rings. The molecular weight excluding hydrogens is 250 g/mol. The summed E-state index contributed by atoms with van der Waals surface area (Å²) in [6, 6.07) is 4.60. The number of carbonyl (C=O) groups is 2. The minimum absolute atomic E-state index is 0.148. The van der Waals surface area contributed by atoms with Gasteiger partial charge in [-0.3, -0.25) is 4.79 Å². The second-order valence-corrected chi connectivity index (χ2v) is 3.82. The topological polar surface area (TPSA) is 114 Å². The molecule has 1 atom stereocenters. The van der Waals surface area contributed by atoms with E-state index in [2.05, 4.69) is 10.6 Å². The number of rotatable bonds is 7. The van der Waals surface area contributed by atoms with Crippen LogP contribution in [0.5, 0.6) is 0 Å². The molecular formula is C12H17N3O4. The zero-order valence-electron chi connectivity index (χ0n) is 10.8. The smallest absolute Gasteiger partial charge is 0.335 e. The van der Waals surface area contributed by atoms with Crippen LogP contribution in [0.25, 0.3) is 0 Å². The number of methoxy groups -OCH3 is 1. The fourth-order valence-electron chi connectivity index (χ4n) is 1.54. The third-order valence-corrected chi connectivity index (χ3v) is 2.62. The lowest BCUT2D eigenvalue weighted by Gasteiger charge is -2.16. The highest BCUT2D eigenvalue weighted by atomic mass is 16.5. The molecule has 0 aromatic heterocycles. The van der Waals surface area contributed by atoms with Crippen molar-refractivity contribution < 1.29 is 19.4 Å². The summed E-state index contributed by atoms with van der Waals surface area (Å²) in [5.74, 6) is -1.61. The van der Waals surface area contributed by atoms with Gasteiger partial charge in [0.05, 0.1) is 23.5 Å². The van der Waals surface area contributed by atoms with E-state index < -0.39 is 18.0 Å². The number of hydrogen-bond donors (Lipinski definition) is 4. The molecule has 0 bridgehead atoms. The van der Waals surface area contributed by atoms with Crippen molar-refractivity contribution in [2.24, 2.45) is 5.73 Å². The van der Waals surface area contributed by atoms with Crippen molar-refractivity contribution in [3.05, 3.63) is 23.8 Å². The van der Waals surface area contributed by atoms with Crippen LogP contribution in [0, 0.1) is 0 Å². The summed E-state index contributed by atoms with van der Waals surface area (Å²) in [6.45, 7) is 0.156. The molecule has 0 spiro atoms. The molecule has 7 heteroatoms. The van der Waals surface area contributed by atoms with Crippen LogP contribution in [-0.2, 0) is 9.53 Å². The van der Waals surface area contributed by atoms with Crippen molar-refractivity contribution in [1.29, 1.82) is 0 Å². The molecule has 1 aromatic rings. The Morgan fingerprint density at radius 3 is 2.58 bits per heavy atom. The van der Waals surface area contributed by atoms with Gasteiger partial charge in [-0.25, -0.2) is 4.79 Å². The van der Waals surface area contributed by atoms with Crippen LogP contribution in [0.1, 0.15) is 10.4 Å². The zero-order valence-corrected chi connectivity index (χ0v) is 10.8. The summed E-state index contributed by atoms with van der Waals surface area (Å²) in [5, 5.41) is 14.8. The number of amides is 1. The molecule has 0 fully saturated rings. The maximum absolute atomic E-state index is 11.0. The second kappa shape index (κ2) is 6.60. The highest BCUT2D eigenvalue weighted by Crippen LogP contribution is 2.23. The molecule has 0 saturated carbocycles. The van der Waals surface area contributed by atoms with Crippen molar-refractivity contribution in [2.45, 2.75) is 6.10 Å². The van der Waals surface area contributed by atoms with E-state index >= 15 is 0 Å². The number of aromatic carboxylic acids is 1. The van der Waals surface area contributed by atoms with Gasteiger partial charge in [-0.2, -0.15) is 0 Å².